The van der Waals surface area contributed by atoms with Crippen molar-refractivity contribution >= 4 is 28.8 Å². The van der Waals surface area contributed by atoms with Crippen LogP contribution in [0.1, 0.15) is 15.9 Å². The molecule has 0 spiro atoms. The molecule has 0 unspecified atom stereocenters. The van der Waals surface area contributed by atoms with E-state index in [1.54, 1.807) is 35.0 Å². The van der Waals surface area contributed by atoms with E-state index < -0.39 is 0 Å². The number of carbonyl (C=O) groups excluding carboxylic acids is 2. The zero-order valence-corrected chi connectivity index (χ0v) is 12.2. The molecule has 112 valence electrons. The summed E-state index contributed by atoms with van der Waals surface area (Å²) in [5.41, 5.74) is 2.56. The molecule has 0 radical (unpaired) electrons. The zero-order valence-electron chi connectivity index (χ0n) is 12.2. The van der Waals surface area contributed by atoms with Crippen molar-refractivity contribution in [2.75, 3.05) is 5.32 Å². The van der Waals surface area contributed by atoms with Crippen molar-refractivity contribution in [1.82, 2.24) is 4.57 Å². The maximum atomic E-state index is 12.2. The molecule has 0 bridgehead atoms. The number of anilines is 1. The first-order chi connectivity index (χ1) is 11.2. The van der Waals surface area contributed by atoms with E-state index >= 15 is 0 Å². The number of amides is 1. The number of rotatable bonds is 4. The predicted octanol–water partition coefficient (Wildman–Crippen LogP) is 2.96. The van der Waals surface area contributed by atoms with Gasteiger partial charge in [0.2, 0.25) is 5.91 Å². The highest BCUT2D eigenvalue weighted by Gasteiger charge is 2.10. The molecule has 1 N–H and O–H groups in total. The molecule has 3 aromatic rings. The van der Waals surface area contributed by atoms with Gasteiger partial charge in [0, 0.05) is 28.4 Å². The highest BCUT2D eigenvalue weighted by Crippen LogP contribution is 2.20. The quantitative estimate of drug-likeness (QED) is 0.753. The van der Waals surface area contributed by atoms with Gasteiger partial charge in [0.05, 0.1) is 11.6 Å². The molecule has 23 heavy (non-hydrogen) atoms. The van der Waals surface area contributed by atoms with E-state index in [0.717, 1.165) is 17.2 Å². The van der Waals surface area contributed by atoms with Crippen LogP contribution in [0.4, 0.5) is 5.69 Å². The van der Waals surface area contributed by atoms with E-state index in [4.69, 9.17) is 5.26 Å². The van der Waals surface area contributed by atoms with E-state index in [1.165, 1.54) is 0 Å². The van der Waals surface area contributed by atoms with Gasteiger partial charge in [0.25, 0.3) is 0 Å². The molecule has 3 rings (SSSR count). The highest BCUT2D eigenvalue weighted by atomic mass is 16.2. The van der Waals surface area contributed by atoms with Crippen molar-refractivity contribution in [3.63, 3.8) is 0 Å². The molecule has 1 amide bonds. The van der Waals surface area contributed by atoms with Crippen molar-refractivity contribution in [3.05, 3.63) is 65.9 Å². The van der Waals surface area contributed by atoms with Gasteiger partial charge in [-0.3, -0.25) is 9.59 Å². The summed E-state index contributed by atoms with van der Waals surface area (Å²) in [5, 5.41) is 12.4. The van der Waals surface area contributed by atoms with Crippen LogP contribution in [0.2, 0.25) is 0 Å². The first-order valence-electron chi connectivity index (χ1n) is 7.04. The molecule has 0 aliphatic carbocycles. The molecule has 0 aliphatic rings. The van der Waals surface area contributed by atoms with Crippen LogP contribution < -0.4 is 5.32 Å². The van der Waals surface area contributed by atoms with Crippen molar-refractivity contribution < 1.29 is 9.59 Å². The molecule has 0 aliphatic heterocycles. The molecule has 5 nitrogen and oxygen atoms in total. The van der Waals surface area contributed by atoms with Crippen LogP contribution in [0.15, 0.2) is 54.7 Å². The zero-order chi connectivity index (χ0) is 16.2. The minimum atomic E-state index is -0.201. The number of carbonyl (C=O) groups is 2. The Kier molecular flexibility index (Phi) is 3.89. The lowest BCUT2D eigenvalue weighted by molar-refractivity contribution is -0.116. The summed E-state index contributed by atoms with van der Waals surface area (Å²) in [6.45, 7) is 0.106. The van der Waals surface area contributed by atoms with Crippen molar-refractivity contribution in [2.45, 2.75) is 6.54 Å². The lowest BCUT2D eigenvalue weighted by Gasteiger charge is -2.07. The Hall–Kier alpha value is -3.39. The predicted molar refractivity (Wildman–Crippen MR) is 87.1 cm³/mol. The number of nitriles is 1. The standard InChI is InChI=1S/C18H13N3O2/c19-9-13-5-7-15(8-6-13)20-18(23)11-21-10-14(12-22)16-3-1-2-4-17(16)21/h1-8,10,12H,11H2,(H,20,23). The molecule has 0 fully saturated rings. The van der Waals surface area contributed by atoms with Gasteiger partial charge in [-0.15, -0.1) is 0 Å². The van der Waals surface area contributed by atoms with E-state index in [0.29, 0.717) is 16.8 Å². The first kappa shape index (κ1) is 14.5. The molecule has 0 saturated carbocycles. The Labute approximate surface area is 132 Å². The van der Waals surface area contributed by atoms with Crippen LogP contribution >= 0.6 is 0 Å². The molecule has 0 saturated heterocycles. The summed E-state index contributed by atoms with van der Waals surface area (Å²) < 4.78 is 1.75. The fraction of sp³-hybridized carbons (Fsp3) is 0.0556. The number of nitrogens with one attached hydrogen (secondary N) is 1. The molecular weight excluding hydrogens is 290 g/mol. The fourth-order valence-electron chi connectivity index (χ4n) is 2.48. The molecule has 5 heteroatoms. The topological polar surface area (TPSA) is 74.9 Å². The van der Waals surface area contributed by atoms with E-state index in [1.807, 2.05) is 30.3 Å². The molecular formula is C18H13N3O2. The maximum absolute atomic E-state index is 12.2. The van der Waals surface area contributed by atoms with Gasteiger partial charge < -0.3 is 9.88 Å². The van der Waals surface area contributed by atoms with Crippen LogP contribution in [-0.2, 0) is 11.3 Å². The summed E-state index contributed by atoms with van der Waals surface area (Å²) in [6.07, 6.45) is 2.47. The van der Waals surface area contributed by atoms with Gasteiger partial charge in [-0.05, 0) is 30.3 Å². The summed E-state index contributed by atoms with van der Waals surface area (Å²) >= 11 is 0. The summed E-state index contributed by atoms with van der Waals surface area (Å²) in [4.78, 5) is 23.3. The monoisotopic (exact) mass is 303 g/mol. The third-order valence-corrected chi connectivity index (χ3v) is 3.56. The van der Waals surface area contributed by atoms with Crippen LogP contribution in [0.25, 0.3) is 10.9 Å². The summed E-state index contributed by atoms with van der Waals surface area (Å²) in [5.74, 6) is -0.201. The number of nitrogens with zero attached hydrogens (tertiary/aromatic N) is 2. The Bertz CT molecular complexity index is 918. The van der Waals surface area contributed by atoms with Crippen LogP contribution in [-0.4, -0.2) is 16.8 Å². The van der Waals surface area contributed by atoms with E-state index in [9.17, 15) is 9.59 Å². The van der Waals surface area contributed by atoms with Gasteiger partial charge in [-0.2, -0.15) is 5.26 Å². The second-order valence-electron chi connectivity index (χ2n) is 5.08. The smallest absolute Gasteiger partial charge is 0.244 e. The maximum Gasteiger partial charge on any atom is 0.244 e. The Morgan fingerprint density at radius 1 is 1.17 bits per heavy atom. The lowest BCUT2D eigenvalue weighted by atomic mass is 10.2. The number of hydrogen-bond acceptors (Lipinski definition) is 3. The third-order valence-electron chi connectivity index (χ3n) is 3.56. The number of fused-ring (bicyclic) bond motifs is 1. The van der Waals surface area contributed by atoms with Crippen molar-refractivity contribution in [3.8, 4) is 6.07 Å². The average molecular weight is 303 g/mol. The lowest BCUT2D eigenvalue weighted by Crippen LogP contribution is -2.18. The summed E-state index contributed by atoms with van der Waals surface area (Å²) in [6, 6.07) is 16.1. The molecule has 0 atom stereocenters. The van der Waals surface area contributed by atoms with Gasteiger partial charge in [-0.25, -0.2) is 0 Å². The van der Waals surface area contributed by atoms with Crippen molar-refractivity contribution in [1.29, 1.82) is 5.26 Å². The first-order valence-corrected chi connectivity index (χ1v) is 7.04. The number of aromatic nitrogens is 1. The number of hydrogen-bond donors (Lipinski definition) is 1. The number of benzene rings is 2. The Morgan fingerprint density at radius 3 is 2.61 bits per heavy atom. The molecule has 1 aromatic heterocycles. The summed E-state index contributed by atoms with van der Waals surface area (Å²) in [7, 11) is 0. The van der Waals surface area contributed by atoms with Crippen LogP contribution in [0.5, 0.6) is 0 Å². The van der Waals surface area contributed by atoms with Gasteiger partial charge in [0.1, 0.15) is 6.54 Å². The second-order valence-corrected chi connectivity index (χ2v) is 5.08. The highest BCUT2D eigenvalue weighted by molar-refractivity contribution is 5.99. The van der Waals surface area contributed by atoms with Crippen LogP contribution in [0.3, 0.4) is 0 Å². The van der Waals surface area contributed by atoms with Crippen LogP contribution in [0, 0.1) is 11.3 Å². The van der Waals surface area contributed by atoms with E-state index in [-0.39, 0.29) is 12.5 Å². The van der Waals surface area contributed by atoms with Gasteiger partial charge in [0.15, 0.2) is 6.29 Å². The van der Waals surface area contributed by atoms with E-state index in [2.05, 4.69) is 5.32 Å². The minimum absolute atomic E-state index is 0.106. The second kappa shape index (κ2) is 6.16. The minimum Gasteiger partial charge on any atom is -0.337 e. The van der Waals surface area contributed by atoms with Gasteiger partial charge in [-0.1, -0.05) is 18.2 Å². The Morgan fingerprint density at radius 2 is 1.91 bits per heavy atom. The van der Waals surface area contributed by atoms with Gasteiger partial charge >= 0.3 is 0 Å². The number of para-hydroxylation sites is 1. The average Bonchev–Trinajstić information content (AvgIpc) is 2.93. The SMILES string of the molecule is N#Cc1ccc(NC(=O)Cn2cc(C=O)c3ccccc32)cc1. The Balaban J connectivity index is 1.80. The fourth-order valence-corrected chi connectivity index (χ4v) is 2.48. The molecule has 2 aromatic carbocycles. The number of aldehydes is 1. The normalized spacial score (nSPS) is 10.2. The third kappa shape index (κ3) is 2.97. The largest absolute Gasteiger partial charge is 0.337 e. The van der Waals surface area contributed by atoms with Crippen molar-refractivity contribution in [2.24, 2.45) is 0 Å². The molecule has 1 heterocycles.